The van der Waals surface area contributed by atoms with Crippen molar-refractivity contribution in [3.05, 3.63) is 65.5 Å². The minimum atomic E-state index is -3.52. The lowest BCUT2D eigenvalue weighted by Gasteiger charge is -2.15. The molecule has 0 N–H and O–H groups in total. The van der Waals surface area contributed by atoms with Gasteiger partial charge in [0.15, 0.2) is 4.80 Å². The SMILES string of the molecule is C=CCn1c(=NC(=O)c2ccc(S(=O)(=O)N3CCCC3)cc2)sc2cccc(OCC)c21. The van der Waals surface area contributed by atoms with Crippen molar-refractivity contribution in [3.63, 3.8) is 0 Å². The molecule has 0 spiro atoms. The number of amides is 1. The van der Waals surface area contributed by atoms with Crippen LogP contribution in [-0.4, -0.2) is 42.9 Å². The van der Waals surface area contributed by atoms with Gasteiger partial charge >= 0.3 is 0 Å². The summed E-state index contributed by atoms with van der Waals surface area (Å²) in [5, 5.41) is 0. The Morgan fingerprint density at radius 2 is 1.91 bits per heavy atom. The number of carbonyl (C=O) groups is 1. The van der Waals surface area contributed by atoms with Gasteiger partial charge in [-0.15, -0.1) is 6.58 Å². The highest BCUT2D eigenvalue weighted by Crippen LogP contribution is 2.28. The summed E-state index contributed by atoms with van der Waals surface area (Å²) in [6.07, 6.45) is 3.50. The number of aromatic nitrogens is 1. The van der Waals surface area contributed by atoms with Crippen LogP contribution in [0.15, 0.2) is 65.0 Å². The number of fused-ring (bicyclic) bond motifs is 1. The standard InChI is InChI=1S/C23H25N3O4S2/c1-3-14-26-21-19(30-4-2)8-7-9-20(21)31-23(26)24-22(27)17-10-12-18(13-11-17)32(28,29)25-15-5-6-16-25/h3,7-13H,1,4-6,14-16H2,2H3. The van der Waals surface area contributed by atoms with Crippen molar-refractivity contribution in [1.29, 1.82) is 0 Å². The van der Waals surface area contributed by atoms with Gasteiger partial charge in [-0.1, -0.05) is 23.5 Å². The van der Waals surface area contributed by atoms with E-state index in [0.29, 0.717) is 36.6 Å². The smallest absolute Gasteiger partial charge is 0.279 e. The van der Waals surface area contributed by atoms with Crippen LogP contribution in [0.4, 0.5) is 0 Å². The fraction of sp³-hybridized carbons (Fsp3) is 0.304. The molecule has 1 fully saturated rings. The Morgan fingerprint density at radius 3 is 2.56 bits per heavy atom. The van der Waals surface area contributed by atoms with E-state index in [9.17, 15) is 13.2 Å². The van der Waals surface area contributed by atoms with Crippen LogP contribution >= 0.6 is 11.3 Å². The first kappa shape index (κ1) is 22.4. The molecule has 2 aromatic carbocycles. The average molecular weight is 472 g/mol. The van der Waals surface area contributed by atoms with Crippen molar-refractivity contribution >= 4 is 37.5 Å². The van der Waals surface area contributed by atoms with Gasteiger partial charge in [0.05, 0.1) is 16.2 Å². The number of rotatable bonds is 7. The van der Waals surface area contributed by atoms with E-state index in [-0.39, 0.29) is 4.90 Å². The van der Waals surface area contributed by atoms with Crippen molar-refractivity contribution in [2.75, 3.05) is 19.7 Å². The van der Waals surface area contributed by atoms with E-state index in [0.717, 1.165) is 28.8 Å². The lowest BCUT2D eigenvalue weighted by Crippen LogP contribution is -2.27. The van der Waals surface area contributed by atoms with E-state index in [1.165, 1.54) is 39.9 Å². The van der Waals surface area contributed by atoms with Gasteiger partial charge in [0, 0.05) is 25.2 Å². The Balaban J connectivity index is 1.70. The second kappa shape index (κ2) is 9.40. The number of allylic oxidation sites excluding steroid dienone is 1. The summed E-state index contributed by atoms with van der Waals surface area (Å²) < 4.78 is 35.5. The van der Waals surface area contributed by atoms with E-state index in [4.69, 9.17) is 4.74 Å². The van der Waals surface area contributed by atoms with Gasteiger partial charge in [-0.05, 0) is 56.2 Å². The summed E-state index contributed by atoms with van der Waals surface area (Å²) in [4.78, 5) is 17.9. The summed E-state index contributed by atoms with van der Waals surface area (Å²) in [5.74, 6) is 0.297. The van der Waals surface area contributed by atoms with E-state index >= 15 is 0 Å². The fourth-order valence-corrected chi connectivity index (χ4v) is 6.32. The summed E-state index contributed by atoms with van der Waals surface area (Å²) in [5.41, 5.74) is 1.20. The number of para-hydroxylation sites is 1. The van der Waals surface area contributed by atoms with Crippen molar-refractivity contribution in [2.45, 2.75) is 31.2 Å². The summed E-state index contributed by atoms with van der Waals surface area (Å²) in [7, 11) is -3.52. The van der Waals surface area contributed by atoms with Crippen molar-refractivity contribution in [3.8, 4) is 5.75 Å². The van der Waals surface area contributed by atoms with Gasteiger partial charge in [0.1, 0.15) is 11.3 Å². The van der Waals surface area contributed by atoms with Crippen LogP contribution in [0.3, 0.4) is 0 Å². The highest BCUT2D eigenvalue weighted by Gasteiger charge is 2.27. The average Bonchev–Trinajstić information content (AvgIpc) is 3.44. The third-order valence-corrected chi connectivity index (χ3v) is 8.23. The Hall–Kier alpha value is -2.75. The molecule has 1 saturated heterocycles. The van der Waals surface area contributed by atoms with Crippen LogP contribution in [0.25, 0.3) is 10.2 Å². The molecule has 1 aliphatic heterocycles. The van der Waals surface area contributed by atoms with Crippen LogP contribution in [0.2, 0.25) is 0 Å². The molecule has 9 heteroatoms. The first-order valence-electron chi connectivity index (χ1n) is 10.5. The Labute approximate surface area is 191 Å². The lowest BCUT2D eigenvalue weighted by molar-refractivity contribution is 0.0997. The highest BCUT2D eigenvalue weighted by molar-refractivity contribution is 7.89. The van der Waals surface area contributed by atoms with Crippen LogP contribution in [0.1, 0.15) is 30.1 Å². The number of benzene rings is 2. The third-order valence-electron chi connectivity index (χ3n) is 5.28. The molecular formula is C23H25N3O4S2. The highest BCUT2D eigenvalue weighted by atomic mass is 32.2. The molecule has 32 heavy (non-hydrogen) atoms. The van der Waals surface area contributed by atoms with E-state index in [1.54, 1.807) is 6.08 Å². The zero-order chi connectivity index (χ0) is 22.7. The van der Waals surface area contributed by atoms with Crippen LogP contribution in [-0.2, 0) is 16.6 Å². The second-order valence-electron chi connectivity index (χ2n) is 7.37. The number of nitrogens with zero attached hydrogens (tertiary/aromatic N) is 3. The van der Waals surface area contributed by atoms with Crippen LogP contribution in [0.5, 0.6) is 5.75 Å². The molecule has 1 aromatic heterocycles. The minimum Gasteiger partial charge on any atom is -0.492 e. The Morgan fingerprint density at radius 1 is 1.19 bits per heavy atom. The zero-order valence-corrected chi connectivity index (χ0v) is 19.5. The molecule has 0 radical (unpaired) electrons. The third kappa shape index (κ3) is 4.28. The topological polar surface area (TPSA) is 81.0 Å². The first-order chi connectivity index (χ1) is 15.5. The summed E-state index contributed by atoms with van der Waals surface area (Å²) in [6.45, 7) is 7.82. The van der Waals surface area contributed by atoms with Crippen molar-refractivity contribution in [2.24, 2.45) is 4.99 Å². The van der Waals surface area contributed by atoms with Gasteiger partial charge < -0.3 is 9.30 Å². The number of ether oxygens (including phenoxy) is 1. The van der Waals surface area contributed by atoms with Gasteiger partial charge in [0.25, 0.3) is 5.91 Å². The second-order valence-corrected chi connectivity index (χ2v) is 10.3. The summed E-state index contributed by atoms with van der Waals surface area (Å²) in [6, 6.07) is 11.8. The molecule has 4 rings (SSSR count). The van der Waals surface area contributed by atoms with Crippen LogP contribution in [0, 0.1) is 0 Å². The van der Waals surface area contributed by atoms with Crippen molar-refractivity contribution in [1.82, 2.24) is 8.87 Å². The number of sulfonamides is 1. The van der Waals surface area contributed by atoms with Gasteiger partial charge in [-0.3, -0.25) is 4.79 Å². The number of hydrogen-bond acceptors (Lipinski definition) is 5. The molecule has 7 nitrogen and oxygen atoms in total. The van der Waals surface area contributed by atoms with Gasteiger partial charge in [-0.2, -0.15) is 9.30 Å². The number of carbonyl (C=O) groups excluding carboxylic acids is 1. The minimum absolute atomic E-state index is 0.195. The molecule has 0 atom stereocenters. The molecule has 0 aliphatic carbocycles. The quantitative estimate of drug-likeness (QED) is 0.491. The molecule has 0 saturated carbocycles. The molecule has 1 amide bonds. The van der Waals surface area contributed by atoms with Gasteiger partial charge in [0.2, 0.25) is 10.0 Å². The normalized spacial score (nSPS) is 15.3. The van der Waals surface area contributed by atoms with Gasteiger partial charge in [-0.25, -0.2) is 8.42 Å². The Kier molecular flexibility index (Phi) is 6.59. The van der Waals surface area contributed by atoms with E-state index in [2.05, 4.69) is 11.6 Å². The molecule has 2 heterocycles. The number of thiazole rings is 1. The zero-order valence-electron chi connectivity index (χ0n) is 17.9. The molecule has 0 unspecified atom stereocenters. The summed E-state index contributed by atoms with van der Waals surface area (Å²) >= 11 is 1.40. The van der Waals surface area contributed by atoms with E-state index < -0.39 is 15.9 Å². The largest absolute Gasteiger partial charge is 0.492 e. The molecular weight excluding hydrogens is 446 g/mol. The fourth-order valence-electron chi connectivity index (χ4n) is 3.75. The van der Waals surface area contributed by atoms with Crippen molar-refractivity contribution < 1.29 is 17.9 Å². The molecule has 1 aliphatic rings. The molecule has 3 aromatic rings. The lowest BCUT2D eigenvalue weighted by atomic mass is 10.2. The molecule has 168 valence electrons. The van der Waals surface area contributed by atoms with E-state index in [1.807, 2.05) is 29.7 Å². The van der Waals surface area contributed by atoms with Crippen LogP contribution < -0.4 is 9.54 Å². The Bertz CT molecular complexity index is 1320. The maximum Gasteiger partial charge on any atom is 0.279 e. The predicted octanol–water partition coefficient (Wildman–Crippen LogP) is 3.81. The molecule has 0 bridgehead atoms. The predicted molar refractivity (Wildman–Crippen MR) is 126 cm³/mol. The monoisotopic (exact) mass is 471 g/mol. The maximum absolute atomic E-state index is 12.9. The number of hydrogen-bond donors (Lipinski definition) is 0. The maximum atomic E-state index is 12.9. The first-order valence-corrected chi connectivity index (χ1v) is 12.8.